The van der Waals surface area contributed by atoms with Gasteiger partial charge >= 0.3 is 12.1 Å². The highest BCUT2D eigenvalue weighted by atomic mass is 19.4. The van der Waals surface area contributed by atoms with E-state index in [0.717, 1.165) is 6.07 Å². The van der Waals surface area contributed by atoms with Crippen molar-refractivity contribution in [1.82, 2.24) is 4.57 Å². The summed E-state index contributed by atoms with van der Waals surface area (Å²) in [5.41, 5.74) is 1.32. The summed E-state index contributed by atoms with van der Waals surface area (Å²) in [6, 6.07) is 7.00. The van der Waals surface area contributed by atoms with Gasteiger partial charge in [0.2, 0.25) is 5.78 Å². The summed E-state index contributed by atoms with van der Waals surface area (Å²) in [5.74, 6) is -2.21. The predicted molar refractivity (Wildman–Crippen MR) is 106 cm³/mol. The number of allylic oxidation sites excluding steroid dienone is 1. The van der Waals surface area contributed by atoms with Gasteiger partial charge in [0.15, 0.2) is 5.92 Å². The highest BCUT2D eigenvalue weighted by molar-refractivity contribution is 6.28. The first-order valence-corrected chi connectivity index (χ1v) is 9.39. The van der Waals surface area contributed by atoms with Crippen LogP contribution in [0.2, 0.25) is 0 Å². The molecule has 8 heteroatoms. The van der Waals surface area contributed by atoms with E-state index in [-0.39, 0.29) is 18.0 Å². The second kappa shape index (κ2) is 7.93. The number of carbonyl (C=O) groups excluding carboxylic acids is 2. The summed E-state index contributed by atoms with van der Waals surface area (Å²) in [5, 5.41) is 0. The molecule has 1 aliphatic rings. The molecule has 0 N–H and O–H groups in total. The van der Waals surface area contributed by atoms with Gasteiger partial charge in [-0.15, -0.1) is 0 Å². The fourth-order valence-corrected chi connectivity index (χ4v) is 3.61. The zero-order valence-corrected chi connectivity index (χ0v) is 17.0. The lowest BCUT2D eigenvalue weighted by Crippen LogP contribution is -2.28. The summed E-state index contributed by atoms with van der Waals surface area (Å²) in [6.45, 7) is 6.73. The lowest BCUT2D eigenvalue weighted by molar-refractivity contribution is -0.147. The quantitative estimate of drug-likeness (QED) is 0.412. The second-order valence-electron chi connectivity index (χ2n) is 7.01. The first-order chi connectivity index (χ1) is 14.1. The minimum atomic E-state index is -4.51. The van der Waals surface area contributed by atoms with E-state index in [1.807, 2.05) is 0 Å². The molecule has 0 saturated carbocycles. The summed E-state index contributed by atoms with van der Waals surface area (Å²) >= 11 is 0. The number of hydrogen-bond acceptors (Lipinski definition) is 4. The number of nitrogens with zero attached hydrogens (tertiary/aromatic N) is 2. The normalized spacial score (nSPS) is 18.1. The Kier molecular flexibility index (Phi) is 5.70. The van der Waals surface area contributed by atoms with Crippen molar-refractivity contribution in [3.05, 3.63) is 58.5 Å². The molecule has 0 bridgehead atoms. The van der Waals surface area contributed by atoms with E-state index < -0.39 is 29.4 Å². The summed E-state index contributed by atoms with van der Waals surface area (Å²) in [7, 11) is 0. The first kappa shape index (κ1) is 21.5. The van der Waals surface area contributed by atoms with Crippen LogP contribution in [-0.4, -0.2) is 28.6 Å². The second-order valence-corrected chi connectivity index (χ2v) is 7.01. The maximum atomic E-state index is 13.5. The fraction of sp³-hybridized carbons (Fsp3) is 0.318. The Morgan fingerprint density at radius 2 is 1.90 bits per heavy atom. The molecule has 1 atom stereocenters. The largest absolute Gasteiger partial charge is 0.465 e. The fourth-order valence-electron chi connectivity index (χ4n) is 3.61. The number of aliphatic imine (C=N–C) groups is 1. The van der Waals surface area contributed by atoms with Gasteiger partial charge in [-0.2, -0.15) is 13.2 Å². The third-order valence-electron chi connectivity index (χ3n) is 4.96. The molecule has 5 nitrogen and oxygen atoms in total. The lowest BCUT2D eigenvalue weighted by Gasteiger charge is -2.16. The molecule has 0 radical (unpaired) electrons. The van der Waals surface area contributed by atoms with Gasteiger partial charge in [0.1, 0.15) is 5.70 Å². The van der Waals surface area contributed by atoms with Gasteiger partial charge in [-0.25, -0.2) is 0 Å². The zero-order chi connectivity index (χ0) is 22.2. The number of aromatic nitrogens is 1. The first-order valence-electron chi connectivity index (χ1n) is 9.39. The Hall–Kier alpha value is -3.16. The van der Waals surface area contributed by atoms with Crippen LogP contribution in [0.25, 0.3) is 11.8 Å². The van der Waals surface area contributed by atoms with Crippen molar-refractivity contribution in [1.29, 1.82) is 0 Å². The lowest BCUT2D eigenvalue weighted by atomic mass is 10.0. The zero-order valence-electron chi connectivity index (χ0n) is 17.0. The van der Waals surface area contributed by atoms with Crippen molar-refractivity contribution in [3.63, 3.8) is 0 Å². The molecular formula is C22H21F3N2O3. The number of benzene rings is 1. The van der Waals surface area contributed by atoms with Crippen LogP contribution in [0, 0.1) is 19.8 Å². The highest BCUT2D eigenvalue weighted by Crippen LogP contribution is 2.36. The van der Waals surface area contributed by atoms with E-state index >= 15 is 0 Å². The third-order valence-corrected chi connectivity index (χ3v) is 4.96. The number of carbonyl (C=O) groups is 2. The highest BCUT2D eigenvalue weighted by Gasteiger charge is 2.38. The monoisotopic (exact) mass is 418 g/mol. The Bertz CT molecular complexity index is 1080. The van der Waals surface area contributed by atoms with Gasteiger partial charge < -0.3 is 9.30 Å². The van der Waals surface area contributed by atoms with E-state index in [0.29, 0.717) is 22.7 Å². The molecule has 0 amide bonds. The molecule has 1 aromatic carbocycles. The molecule has 0 aliphatic carbocycles. The molecule has 0 saturated heterocycles. The van der Waals surface area contributed by atoms with E-state index in [1.54, 1.807) is 39.8 Å². The summed E-state index contributed by atoms with van der Waals surface area (Å²) in [6.07, 6.45) is -3.01. The summed E-state index contributed by atoms with van der Waals surface area (Å²) < 4.78 is 46.9. The van der Waals surface area contributed by atoms with E-state index in [4.69, 9.17) is 4.74 Å². The Labute approximate surface area is 171 Å². The molecule has 1 unspecified atom stereocenters. The predicted octanol–water partition coefficient (Wildman–Crippen LogP) is 4.68. The minimum Gasteiger partial charge on any atom is -0.465 e. The van der Waals surface area contributed by atoms with Crippen molar-refractivity contribution in [2.24, 2.45) is 10.9 Å². The number of alkyl halides is 3. The number of hydrogen-bond donors (Lipinski definition) is 0. The Morgan fingerprint density at radius 3 is 2.53 bits per heavy atom. The van der Waals surface area contributed by atoms with Gasteiger partial charge in [0, 0.05) is 17.1 Å². The van der Waals surface area contributed by atoms with Crippen molar-refractivity contribution >= 4 is 23.5 Å². The SMILES string of the molecule is CCOC(=O)C1C(=O)/C(=C\c2cc(C)n(-c3ccccc3C(F)(F)F)c2C)N=C1C. The average Bonchev–Trinajstić information content (AvgIpc) is 3.09. The van der Waals surface area contributed by atoms with Crippen LogP contribution in [0.1, 0.15) is 36.4 Å². The number of Topliss-reactive ketones (excluding diaryl/α,β-unsaturated/α-hetero) is 1. The van der Waals surface area contributed by atoms with Crippen molar-refractivity contribution in [2.75, 3.05) is 6.61 Å². The van der Waals surface area contributed by atoms with Crippen LogP contribution in [0.15, 0.2) is 41.0 Å². The number of ketones is 1. The summed E-state index contributed by atoms with van der Waals surface area (Å²) in [4.78, 5) is 28.9. The minimum absolute atomic E-state index is 0.00600. The molecule has 3 rings (SSSR count). The molecule has 2 aromatic rings. The maximum absolute atomic E-state index is 13.5. The van der Waals surface area contributed by atoms with Crippen molar-refractivity contribution < 1.29 is 27.5 Å². The molecule has 2 heterocycles. The van der Waals surface area contributed by atoms with Crippen LogP contribution in [0.5, 0.6) is 0 Å². The molecule has 1 aliphatic heterocycles. The van der Waals surface area contributed by atoms with Crippen LogP contribution in [-0.2, 0) is 20.5 Å². The van der Waals surface area contributed by atoms with Crippen molar-refractivity contribution in [2.45, 2.75) is 33.9 Å². The standard InChI is InChI=1S/C22H21F3N2O3/c1-5-30-21(29)19-13(3)26-17(20(19)28)11-15-10-12(2)27(14(15)4)18-9-7-6-8-16(18)22(23,24)25/h6-11,19H,5H2,1-4H3/b17-11+. The number of halogens is 3. The molecule has 1 aromatic heterocycles. The van der Waals surface area contributed by atoms with E-state index in [2.05, 4.69) is 4.99 Å². The number of aryl methyl sites for hydroxylation is 1. The van der Waals surface area contributed by atoms with E-state index in [9.17, 15) is 22.8 Å². The van der Waals surface area contributed by atoms with Crippen LogP contribution in [0.3, 0.4) is 0 Å². The molecule has 158 valence electrons. The van der Waals surface area contributed by atoms with Gasteiger partial charge in [0.05, 0.1) is 17.9 Å². The van der Waals surface area contributed by atoms with Crippen molar-refractivity contribution in [3.8, 4) is 5.69 Å². The molecule has 30 heavy (non-hydrogen) atoms. The number of esters is 1. The Morgan fingerprint density at radius 1 is 1.23 bits per heavy atom. The number of rotatable bonds is 4. The van der Waals surface area contributed by atoms with Crippen LogP contribution in [0.4, 0.5) is 13.2 Å². The van der Waals surface area contributed by atoms with Crippen LogP contribution < -0.4 is 0 Å². The average molecular weight is 418 g/mol. The van der Waals surface area contributed by atoms with Crippen LogP contribution >= 0.6 is 0 Å². The van der Waals surface area contributed by atoms with Gasteiger partial charge in [-0.05, 0) is 57.5 Å². The number of ether oxygens (including phenoxy) is 1. The van der Waals surface area contributed by atoms with Gasteiger partial charge in [0.25, 0.3) is 0 Å². The van der Waals surface area contributed by atoms with Gasteiger partial charge in [-0.1, -0.05) is 12.1 Å². The molecule has 0 fully saturated rings. The molecule has 0 spiro atoms. The Balaban J connectivity index is 2.05. The smallest absolute Gasteiger partial charge is 0.418 e. The van der Waals surface area contributed by atoms with E-state index in [1.165, 1.54) is 22.8 Å². The third kappa shape index (κ3) is 3.81. The maximum Gasteiger partial charge on any atom is 0.418 e. The topological polar surface area (TPSA) is 60.7 Å². The van der Waals surface area contributed by atoms with Gasteiger partial charge in [-0.3, -0.25) is 14.6 Å². The molecular weight excluding hydrogens is 397 g/mol. The number of para-hydroxylation sites is 1.